The maximum absolute atomic E-state index is 14.3. The van der Waals surface area contributed by atoms with E-state index in [0.29, 0.717) is 28.4 Å². The van der Waals surface area contributed by atoms with Crippen LogP contribution in [-0.4, -0.2) is 32.0 Å². The molecule has 7 heteroatoms. The molecule has 4 atom stereocenters. The molecular weight excluding hydrogens is 387 g/mol. The molecule has 2 aliphatic rings. The first kappa shape index (κ1) is 20.4. The van der Waals surface area contributed by atoms with Gasteiger partial charge in [-0.15, -0.1) is 10.2 Å². The van der Waals surface area contributed by atoms with Gasteiger partial charge in [0.1, 0.15) is 5.82 Å². The van der Waals surface area contributed by atoms with Crippen molar-refractivity contribution in [3.63, 3.8) is 0 Å². The molecule has 1 amide bonds. The van der Waals surface area contributed by atoms with Gasteiger partial charge in [0.15, 0.2) is 11.0 Å². The summed E-state index contributed by atoms with van der Waals surface area (Å²) in [5, 5.41) is 12.3. The molecule has 5 nitrogen and oxygen atoms in total. The van der Waals surface area contributed by atoms with Crippen molar-refractivity contribution in [2.45, 2.75) is 75.4 Å². The molecule has 0 saturated heterocycles. The van der Waals surface area contributed by atoms with E-state index in [2.05, 4.69) is 29.4 Å². The summed E-state index contributed by atoms with van der Waals surface area (Å²) in [6.07, 6.45) is 5.52. The monoisotopic (exact) mass is 416 g/mol. The molecule has 2 fully saturated rings. The van der Waals surface area contributed by atoms with Crippen molar-refractivity contribution in [2.75, 3.05) is 0 Å². The van der Waals surface area contributed by atoms with Crippen molar-refractivity contribution < 1.29 is 9.18 Å². The Kier molecular flexibility index (Phi) is 5.95. The van der Waals surface area contributed by atoms with Crippen LogP contribution < -0.4 is 5.32 Å². The minimum atomic E-state index is -0.301. The van der Waals surface area contributed by atoms with Gasteiger partial charge in [-0.05, 0) is 50.2 Å². The number of hydrogen-bond acceptors (Lipinski definition) is 4. The highest BCUT2D eigenvalue weighted by atomic mass is 32.2. The number of rotatable bonds is 6. The zero-order chi connectivity index (χ0) is 20.5. The SMILES string of the molecule is C[C@@H]1[C@H](C)CCC[C@H]1NC(=O)[C@@H](C)Sc1nnc(-c2ccccc2F)n1C1CC1. The first-order chi connectivity index (χ1) is 14.0. The molecule has 1 aromatic heterocycles. The number of aromatic nitrogens is 3. The van der Waals surface area contributed by atoms with E-state index in [1.165, 1.54) is 30.7 Å². The standard InChI is InChI=1S/C22H29FN4OS/c1-13-7-6-10-19(14(13)2)24-21(28)15(3)29-22-26-25-20(27(22)16-11-12-16)17-8-4-5-9-18(17)23/h4-5,8-9,13-16,19H,6-7,10-12H2,1-3H3,(H,24,28)/t13-,14-,15-,19-/m1/s1. The molecule has 4 rings (SSSR count). The third kappa shape index (κ3) is 4.34. The van der Waals surface area contributed by atoms with E-state index < -0.39 is 0 Å². The molecule has 1 heterocycles. The van der Waals surface area contributed by atoms with E-state index in [4.69, 9.17) is 0 Å². The predicted molar refractivity (Wildman–Crippen MR) is 113 cm³/mol. The van der Waals surface area contributed by atoms with Gasteiger partial charge in [0.25, 0.3) is 0 Å². The highest BCUT2D eigenvalue weighted by Crippen LogP contribution is 2.42. The quantitative estimate of drug-likeness (QED) is 0.685. The van der Waals surface area contributed by atoms with Crippen LogP contribution in [0.5, 0.6) is 0 Å². The fourth-order valence-corrected chi connectivity index (χ4v) is 5.07. The van der Waals surface area contributed by atoms with Crippen molar-refractivity contribution in [1.82, 2.24) is 20.1 Å². The van der Waals surface area contributed by atoms with E-state index in [0.717, 1.165) is 19.3 Å². The molecule has 1 N–H and O–H groups in total. The molecule has 0 unspecified atom stereocenters. The van der Waals surface area contributed by atoms with Crippen LogP contribution in [0.4, 0.5) is 4.39 Å². The Bertz CT molecular complexity index is 881. The second-order valence-electron chi connectivity index (χ2n) is 8.53. The van der Waals surface area contributed by atoms with E-state index >= 15 is 0 Å². The van der Waals surface area contributed by atoms with Gasteiger partial charge in [0, 0.05) is 12.1 Å². The van der Waals surface area contributed by atoms with Gasteiger partial charge in [-0.25, -0.2) is 4.39 Å². The zero-order valence-corrected chi connectivity index (χ0v) is 18.1. The highest BCUT2D eigenvalue weighted by Gasteiger charge is 2.33. The molecule has 1 aromatic carbocycles. The number of carbonyl (C=O) groups is 1. The largest absolute Gasteiger partial charge is 0.352 e. The first-order valence-corrected chi connectivity index (χ1v) is 11.5. The summed E-state index contributed by atoms with van der Waals surface area (Å²) in [5.41, 5.74) is 0.459. The highest BCUT2D eigenvalue weighted by molar-refractivity contribution is 8.00. The summed E-state index contributed by atoms with van der Waals surface area (Å²) in [5.74, 6) is 1.42. The molecule has 0 bridgehead atoms. The lowest BCUT2D eigenvalue weighted by atomic mass is 9.78. The van der Waals surface area contributed by atoms with Crippen molar-refractivity contribution in [3.8, 4) is 11.4 Å². The maximum atomic E-state index is 14.3. The van der Waals surface area contributed by atoms with Gasteiger partial charge in [-0.2, -0.15) is 0 Å². The number of thioether (sulfide) groups is 1. The van der Waals surface area contributed by atoms with Gasteiger partial charge < -0.3 is 5.32 Å². The van der Waals surface area contributed by atoms with E-state index in [-0.39, 0.29) is 29.1 Å². The van der Waals surface area contributed by atoms with Crippen LogP contribution in [0.3, 0.4) is 0 Å². The van der Waals surface area contributed by atoms with Crippen molar-refractivity contribution in [3.05, 3.63) is 30.1 Å². The topological polar surface area (TPSA) is 59.8 Å². The number of halogens is 1. The third-order valence-electron chi connectivity index (χ3n) is 6.38. The molecule has 0 aliphatic heterocycles. The maximum Gasteiger partial charge on any atom is 0.233 e. The van der Waals surface area contributed by atoms with E-state index in [1.807, 2.05) is 11.5 Å². The Labute approximate surface area is 175 Å². The summed E-state index contributed by atoms with van der Waals surface area (Å²) < 4.78 is 16.3. The summed E-state index contributed by atoms with van der Waals surface area (Å²) in [4.78, 5) is 12.8. The van der Waals surface area contributed by atoms with Crippen LogP contribution in [0.2, 0.25) is 0 Å². The second kappa shape index (κ2) is 8.46. The number of carbonyl (C=O) groups excluding carboxylic acids is 1. The zero-order valence-electron chi connectivity index (χ0n) is 17.3. The van der Waals surface area contributed by atoms with Crippen LogP contribution in [0.1, 0.15) is 58.9 Å². The van der Waals surface area contributed by atoms with Crippen LogP contribution in [0, 0.1) is 17.7 Å². The Morgan fingerprint density at radius 1 is 1.21 bits per heavy atom. The lowest BCUT2D eigenvalue weighted by Gasteiger charge is -2.35. The van der Waals surface area contributed by atoms with E-state index in [9.17, 15) is 9.18 Å². The predicted octanol–water partition coefficient (Wildman–Crippen LogP) is 4.84. The van der Waals surface area contributed by atoms with Gasteiger partial charge in [-0.1, -0.05) is 50.6 Å². The molecule has 2 aliphatic carbocycles. The van der Waals surface area contributed by atoms with Crippen molar-refractivity contribution >= 4 is 17.7 Å². The lowest BCUT2D eigenvalue weighted by molar-refractivity contribution is -0.121. The molecule has 156 valence electrons. The molecular formula is C22H29FN4OS. The Balaban J connectivity index is 1.49. The fraction of sp³-hybridized carbons (Fsp3) is 0.591. The number of benzene rings is 1. The molecule has 2 saturated carbocycles. The Morgan fingerprint density at radius 3 is 2.69 bits per heavy atom. The summed E-state index contributed by atoms with van der Waals surface area (Å²) >= 11 is 1.41. The number of nitrogens with one attached hydrogen (secondary N) is 1. The van der Waals surface area contributed by atoms with Gasteiger partial charge >= 0.3 is 0 Å². The van der Waals surface area contributed by atoms with Crippen LogP contribution >= 0.6 is 11.8 Å². The number of amides is 1. The molecule has 0 radical (unpaired) electrons. The average Bonchev–Trinajstić information content (AvgIpc) is 3.46. The first-order valence-electron chi connectivity index (χ1n) is 10.6. The van der Waals surface area contributed by atoms with Crippen LogP contribution in [0.15, 0.2) is 29.4 Å². The van der Waals surface area contributed by atoms with E-state index in [1.54, 1.807) is 18.2 Å². The van der Waals surface area contributed by atoms with Gasteiger partial charge in [0.2, 0.25) is 5.91 Å². The fourth-order valence-electron chi connectivity index (χ4n) is 4.14. The van der Waals surface area contributed by atoms with Gasteiger partial charge in [0.05, 0.1) is 10.8 Å². The summed E-state index contributed by atoms with van der Waals surface area (Å²) in [7, 11) is 0. The smallest absolute Gasteiger partial charge is 0.233 e. The Morgan fingerprint density at radius 2 is 1.97 bits per heavy atom. The van der Waals surface area contributed by atoms with Crippen molar-refractivity contribution in [2.24, 2.45) is 11.8 Å². The molecule has 0 spiro atoms. The minimum Gasteiger partial charge on any atom is -0.352 e. The molecule has 29 heavy (non-hydrogen) atoms. The average molecular weight is 417 g/mol. The molecule has 2 aromatic rings. The minimum absolute atomic E-state index is 0.0405. The van der Waals surface area contributed by atoms with Crippen LogP contribution in [-0.2, 0) is 4.79 Å². The summed E-state index contributed by atoms with van der Waals surface area (Å²) in [6.45, 7) is 6.41. The van der Waals surface area contributed by atoms with Gasteiger partial charge in [-0.3, -0.25) is 9.36 Å². The third-order valence-corrected chi connectivity index (χ3v) is 7.43. The number of nitrogens with zero attached hydrogens (tertiary/aromatic N) is 3. The lowest BCUT2D eigenvalue weighted by Crippen LogP contribution is -2.46. The Hall–Kier alpha value is -1.89. The second-order valence-corrected chi connectivity index (χ2v) is 9.84. The normalized spacial score (nSPS) is 25.6. The number of hydrogen-bond donors (Lipinski definition) is 1. The summed E-state index contributed by atoms with van der Waals surface area (Å²) in [6, 6.07) is 7.18. The van der Waals surface area contributed by atoms with Crippen LogP contribution in [0.25, 0.3) is 11.4 Å². The van der Waals surface area contributed by atoms with Crippen molar-refractivity contribution in [1.29, 1.82) is 0 Å².